The summed E-state index contributed by atoms with van der Waals surface area (Å²) < 4.78 is 13.3. The number of nitrogens with two attached hydrogens (primary N) is 1. The molecule has 1 fully saturated rings. The highest BCUT2D eigenvalue weighted by atomic mass is 16.5. The maximum Gasteiger partial charge on any atom is 0.246 e. The molecule has 2 aromatic rings. The Balaban J connectivity index is 1.92. The third kappa shape index (κ3) is 1.90. The summed E-state index contributed by atoms with van der Waals surface area (Å²) in [5, 5.41) is 5.24. The molecular formula is C14H20N6O2. The standard InChI is InChI=1S/C14H20N6O2/c1-7-5-22-13-10-11(19(3)18-13)16-14(15)17-12(10)20(7)9-4-8(2)21-6-9/h7-9H,4-6H2,1-3H3,(H2,15,16,17). The SMILES string of the molecule is CC1CC(N2c3nc(N)nc4c3c(nn4C)OCC2C)CO1. The molecule has 4 rings (SSSR count). The van der Waals surface area contributed by atoms with Crippen LogP contribution in [0.25, 0.3) is 11.0 Å². The van der Waals surface area contributed by atoms with E-state index in [0.29, 0.717) is 24.7 Å². The maximum absolute atomic E-state index is 5.93. The van der Waals surface area contributed by atoms with Crippen molar-refractivity contribution in [3.8, 4) is 5.88 Å². The normalized spacial score (nSPS) is 28.0. The Kier molecular flexibility index (Phi) is 2.90. The Labute approximate surface area is 128 Å². The van der Waals surface area contributed by atoms with E-state index < -0.39 is 0 Å². The Hall–Kier alpha value is -2.09. The third-order valence-corrected chi connectivity index (χ3v) is 4.40. The van der Waals surface area contributed by atoms with Gasteiger partial charge in [-0.25, -0.2) is 4.68 Å². The minimum absolute atomic E-state index is 0.163. The van der Waals surface area contributed by atoms with Crippen LogP contribution in [0.15, 0.2) is 0 Å². The van der Waals surface area contributed by atoms with E-state index in [0.717, 1.165) is 17.6 Å². The van der Waals surface area contributed by atoms with Gasteiger partial charge < -0.3 is 20.1 Å². The van der Waals surface area contributed by atoms with Crippen LogP contribution in [0.1, 0.15) is 20.3 Å². The van der Waals surface area contributed by atoms with E-state index >= 15 is 0 Å². The summed E-state index contributed by atoms with van der Waals surface area (Å²) in [5.41, 5.74) is 6.62. The summed E-state index contributed by atoms with van der Waals surface area (Å²) in [6, 6.07) is 0.424. The molecule has 1 saturated heterocycles. The van der Waals surface area contributed by atoms with Gasteiger partial charge in [0.25, 0.3) is 0 Å². The molecule has 0 bridgehead atoms. The first-order valence-corrected chi connectivity index (χ1v) is 7.57. The molecule has 3 atom stereocenters. The highest BCUT2D eigenvalue weighted by Crippen LogP contribution is 2.38. The quantitative estimate of drug-likeness (QED) is 0.829. The molecule has 2 N–H and O–H groups in total. The lowest BCUT2D eigenvalue weighted by molar-refractivity contribution is 0.122. The van der Waals surface area contributed by atoms with Crippen molar-refractivity contribution in [3.05, 3.63) is 0 Å². The lowest BCUT2D eigenvalue weighted by atomic mass is 10.1. The zero-order chi connectivity index (χ0) is 15.4. The van der Waals surface area contributed by atoms with Gasteiger partial charge >= 0.3 is 0 Å². The molecule has 8 heteroatoms. The van der Waals surface area contributed by atoms with E-state index in [1.165, 1.54) is 0 Å². The van der Waals surface area contributed by atoms with Crippen LogP contribution in [0.2, 0.25) is 0 Å². The predicted octanol–water partition coefficient (Wildman–Crippen LogP) is 0.710. The second kappa shape index (κ2) is 4.70. The minimum Gasteiger partial charge on any atom is -0.474 e. The zero-order valence-corrected chi connectivity index (χ0v) is 13.0. The molecule has 0 radical (unpaired) electrons. The average Bonchev–Trinajstić information content (AvgIpc) is 2.98. The largest absolute Gasteiger partial charge is 0.474 e. The fraction of sp³-hybridized carbons (Fsp3) is 0.643. The molecule has 4 heterocycles. The zero-order valence-electron chi connectivity index (χ0n) is 13.0. The fourth-order valence-corrected chi connectivity index (χ4v) is 3.41. The van der Waals surface area contributed by atoms with Gasteiger partial charge in [-0.05, 0) is 20.3 Å². The molecule has 0 aliphatic carbocycles. The molecule has 8 nitrogen and oxygen atoms in total. The van der Waals surface area contributed by atoms with Crippen LogP contribution in [-0.4, -0.2) is 51.1 Å². The van der Waals surface area contributed by atoms with Gasteiger partial charge in [0.05, 0.1) is 24.8 Å². The van der Waals surface area contributed by atoms with Crippen molar-refractivity contribution in [1.29, 1.82) is 0 Å². The number of aromatic nitrogens is 4. The highest BCUT2D eigenvalue weighted by molar-refractivity contribution is 5.93. The molecule has 22 heavy (non-hydrogen) atoms. The van der Waals surface area contributed by atoms with E-state index in [-0.39, 0.29) is 24.1 Å². The summed E-state index contributed by atoms with van der Waals surface area (Å²) in [4.78, 5) is 11.1. The highest BCUT2D eigenvalue weighted by Gasteiger charge is 2.36. The van der Waals surface area contributed by atoms with Crippen molar-refractivity contribution in [2.45, 2.75) is 38.5 Å². The van der Waals surface area contributed by atoms with E-state index in [9.17, 15) is 0 Å². The number of hydrogen-bond donors (Lipinski definition) is 1. The Bertz CT molecular complexity index is 730. The van der Waals surface area contributed by atoms with Gasteiger partial charge in [-0.3, -0.25) is 0 Å². The van der Waals surface area contributed by atoms with E-state index in [2.05, 4.69) is 33.8 Å². The molecule has 0 amide bonds. The molecule has 2 aromatic heterocycles. The molecular weight excluding hydrogens is 284 g/mol. The number of nitrogens with zero attached hydrogens (tertiary/aromatic N) is 5. The first-order chi connectivity index (χ1) is 10.5. The molecule has 118 valence electrons. The lowest BCUT2D eigenvalue weighted by Crippen LogP contribution is -2.45. The van der Waals surface area contributed by atoms with Gasteiger partial charge in [0.2, 0.25) is 11.8 Å². The van der Waals surface area contributed by atoms with Crippen LogP contribution in [0.5, 0.6) is 5.88 Å². The first kappa shape index (κ1) is 13.6. The summed E-state index contributed by atoms with van der Waals surface area (Å²) in [6.07, 6.45) is 1.22. The van der Waals surface area contributed by atoms with Crippen molar-refractivity contribution >= 4 is 22.8 Å². The second-order valence-corrected chi connectivity index (χ2v) is 6.13. The molecule has 2 aliphatic heterocycles. The van der Waals surface area contributed by atoms with Crippen LogP contribution in [0.4, 0.5) is 11.8 Å². The van der Waals surface area contributed by atoms with Crippen molar-refractivity contribution in [2.75, 3.05) is 23.8 Å². The summed E-state index contributed by atoms with van der Waals surface area (Å²) in [5.74, 6) is 1.63. The van der Waals surface area contributed by atoms with Crippen molar-refractivity contribution in [3.63, 3.8) is 0 Å². The number of hydrogen-bond acceptors (Lipinski definition) is 7. The van der Waals surface area contributed by atoms with Crippen LogP contribution in [0.3, 0.4) is 0 Å². The van der Waals surface area contributed by atoms with Gasteiger partial charge in [0, 0.05) is 7.05 Å². The molecule has 0 spiro atoms. The van der Waals surface area contributed by atoms with Crippen LogP contribution in [0, 0.1) is 0 Å². The average molecular weight is 304 g/mol. The minimum atomic E-state index is 0.163. The first-order valence-electron chi connectivity index (χ1n) is 7.57. The third-order valence-electron chi connectivity index (χ3n) is 4.40. The van der Waals surface area contributed by atoms with Crippen LogP contribution in [-0.2, 0) is 11.8 Å². The molecule has 3 unspecified atom stereocenters. The molecule has 0 aromatic carbocycles. The Morgan fingerprint density at radius 1 is 1.23 bits per heavy atom. The summed E-state index contributed by atoms with van der Waals surface area (Å²) in [6.45, 7) is 5.46. The van der Waals surface area contributed by atoms with Gasteiger partial charge in [0.1, 0.15) is 17.8 Å². The Morgan fingerprint density at radius 3 is 2.77 bits per heavy atom. The van der Waals surface area contributed by atoms with Gasteiger partial charge in [-0.1, -0.05) is 0 Å². The van der Waals surface area contributed by atoms with Gasteiger partial charge in [-0.15, -0.1) is 5.10 Å². The second-order valence-electron chi connectivity index (χ2n) is 6.13. The monoisotopic (exact) mass is 304 g/mol. The molecule has 0 saturated carbocycles. The Morgan fingerprint density at radius 2 is 2.05 bits per heavy atom. The van der Waals surface area contributed by atoms with Crippen molar-refractivity contribution in [1.82, 2.24) is 19.7 Å². The number of rotatable bonds is 1. The van der Waals surface area contributed by atoms with Gasteiger partial charge in [-0.2, -0.15) is 9.97 Å². The summed E-state index contributed by atoms with van der Waals surface area (Å²) in [7, 11) is 1.83. The lowest BCUT2D eigenvalue weighted by Gasteiger charge is -2.33. The summed E-state index contributed by atoms with van der Waals surface area (Å²) >= 11 is 0. The predicted molar refractivity (Wildman–Crippen MR) is 82.0 cm³/mol. The number of ether oxygens (including phenoxy) is 2. The number of nitrogen functional groups attached to an aromatic ring is 1. The van der Waals surface area contributed by atoms with E-state index in [1.807, 2.05) is 7.05 Å². The number of anilines is 2. The number of aryl methyl sites for hydroxylation is 1. The molecule has 2 aliphatic rings. The fourth-order valence-electron chi connectivity index (χ4n) is 3.41. The topological polar surface area (TPSA) is 91.3 Å². The van der Waals surface area contributed by atoms with Crippen molar-refractivity contribution in [2.24, 2.45) is 7.05 Å². The maximum atomic E-state index is 5.93. The van der Waals surface area contributed by atoms with Crippen LogP contribution >= 0.6 is 0 Å². The van der Waals surface area contributed by atoms with E-state index in [4.69, 9.17) is 15.2 Å². The van der Waals surface area contributed by atoms with Crippen molar-refractivity contribution < 1.29 is 9.47 Å². The smallest absolute Gasteiger partial charge is 0.246 e. The van der Waals surface area contributed by atoms with Crippen LogP contribution < -0.4 is 15.4 Å². The van der Waals surface area contributed by atoms with E-state index in [1.54, 1.807) is 4.68 Å². The van der Waals surface area contributed by atoms with Gasteiger partial charge in [0.15, 0.2) is 5.65 Å².